The van der Waals surface area contributed by atoms with Crippen LogP contribution in [0.3, 0.4) is 0 Å². The molecule has 0 aliphatic heterocycles. The third kappa shape index (κ3) is 3.00. The second-order valence-electron chi connectivity index (χ2n) is 6.44. The van der Waals surface area contributed by atoms with Crippen LogP contribution in [-0.4, -0.2) is 0 Å². The molecule has 0 bridgehead atoms. The van der Waals surface area contributed by atoms with Gasteiger partial charge in [0.2, 0.25) is 0 Å². The molecule has 0 heteroatoms. The van der Waals surface area contributed by atoms with Gasteiger partial charge in [0.05, 0.1) is 0 Å². The zero-order valence-electron chi connectivity index (χ0n) is 11.6. The van der Waals surface area contributed by atoms with Gasteiger partial charge in [-0.1, -0.05) is 58.0 Å². The lowest BCUT2D eigenvalue weighted by molar-refractivity contribution is 0.534. The van der Waals surface area contributed by atoms with Crippen LogP contribution >= 0.6 is 0 Å². The number of rotatable bonds is 1. The summed E-state index contributed by atoms with van der Waals surface area (Å²) in [5.41, 5.74) is 4.65. The van der Waals surface area contributed by atoms with Gasteiger partial charge in [0.25, 0.3) is 0 Å². The van der Waals surface area contributed by atoms with Crippen molar-refractivity contribution in [3.8, 4) is 0 Å². The van der Waals surface area contributed by atoms with Crippen molar-refractivity contribution in [2.45, 2.75) is 52.4 Å². The van der Waals surface area contributed by atoms with Crippen molar-refractivity contribution in [1.29, 1.82) is 0 Å². The summed E-state index contributed by atoms with van der Waals surface area (Å²) in [6.45, 7) is 9.15. The zero-order valence-corrected chi connectivity index (χ0v) is 11.6. The Morgan fingerprint density at radius 3 is 2.18 bits per heavy atom. The van der Waals surface area contributed by atoms with Crippen LogP contribution in [0, 0.1) is 5.92 Å². The molecule has 0 spiro atoms. The van der Waals surface area contributed by atoms with E-state index in [4.69, 9.17) is 0 Å². The van der Waals surface area contributed by atoms with E-state index in [9.17, 15) is 0 Å². The monoisotopic (exact) mass is 228 g/mol. The van der Waals surface area contributed by atoms with Gasteiger partial charge < -0.3 is 0 Å². The molecule has 0 saturated heterocycles. The molecule has 0 nitrogen and oxygen atoms in total. The van der Waals surface area contributed by atoms with Gasteiger partial charge in [0, 0.05) is 0 Å². The molecule has 0 N–H and O–H groups in total. The molecule has 0 amide bonds. The average molecular weight is 228 g/mol. The summed E-state index contributed by atoms with van der Waals surface area (Å²) in [4.78, 5) is 0. The van der Waals surface area contributed by atoms with E-state index in [1.165, 1.54) is 30.4 Å². The van der Waals surface area contributed by atoms with E-state index in [-0.39, 0.29) is 5.41 Å². The molecule has 1 atom stereocenters. The van der Waals surface area contributed by atoms with Crippen LogP contribution in [0.4, 0.5) is 0 Å². The predicted molar refractivity (Wildman–Crippen MR) is 76.1 cm³/mol. The van der Waals surface area contributed by atoms with Gasteiger partial charge in [-0.25, -0.2) is 0 Å². The number of allylic oxidation sites excluding steroid dienone is 2. The Morgan fingerprint density at radius 1 is 1.06 bits per heavy atom. The zero-order chi connectivity index (χ0) is 12.5. The van der Waals surface area contributed by atoms with Crippen molar-refractivity contribution < 1.29 is 0 Å². The molecular weight excluding hydrogens is 204 g/mol. The third-order valence-electron chi connectivity index (χ3n) is 3.79. The van der Waals surface area contributed by atoms with Crippen molar-refractivity contribution in [3.05, 3.63) is 41.5 Å². The summed E-state index contributed by atoms with van der Waals surface area (Å²) in [7, 11) is 0. The van der Waals surface area contributed by atoms with Gasteiger partial charge in [-0.2, -0.15) is 0 Å². The largest absolute Gasteiger partial charge is 0.0805 e. The lowest BCUT2D eigenvalue weighted by atomic mass is 9.84. The number of hydrogen-bond donors (Lipinski definition) is 0. The van der Waals surface area contributed by atoms with Gasteiger partial charge in [0.1, 0.15) is 0 Å². The first kappa shape index (κ1) is 12.4. The fourth-order valence-electron chi connectivity index (χ4n) is 2.41. The summed E-state index contributed by atoms with van der Waals surface area (Å²) in [6, 6.07) is 9.16. The van der Waals surface area contributed by atoms with Crippen molar-refractivity contribution in [2.24, 2.45) is 5.92 Å². The van der Waals surface area contributed by atoms with Gasteiger partial charge in [-0.3, -0.25) is 0 Å². The Kier molecular flexibility index (Phi) is 3.42. The van der Waals surface area contributed by atoms with Crippen molar-refractivity contribution in [1.82, 2.24) is 0 Å². The second kappa shape index (κ2) is 4.68. The molecule has 17 heavy (non-hydrogen) atoms. The van der Waals surface area contributed by atoms with Crippen LogP contribution in [0.2, 0.25) is 0 Å². The quantitative estimate of drug-likeness (QED) is 0.620. The standard InChI is InChI=1S/C17H24/c1-13-5-7-14(8-6-13)15-9-11-16(12-10-15)17(2,3)4/h7,9-13H,5-6,8H2,1-4H3. The maximum absolute atomic E-state index is 2.43. The molecular formula is C17H24. The highest BCUT2D eigenvalue weighted by atomic mass is 14.2. The molecule has 2 rings (SSSR count). The summed E-state index contributed by atoms with van der Waals surface area (Å²) in [5.74, 6) is 0.868. The maximum Gasteiger partial charge on any atom is -0.0132 e. The van der Waals surface area contributed by atoms with Crippen LogP contribution in [0.25, 0.3) is 5.57 Å². The average Bonchev–Trinajstić information content (AvgIpc) is 2.29. The summed E-state index contributed by atoms with van der Waals surface area (Å²) >= 11 is 0. The SMILES string of the molecule is CC1CC=C(c2ccc(C(C)(C)C)cc2)CC1. The Morgan fingerprint density at radius 2 is 1.71 bits per heavy atom. The molecule has 1 aliphatic rings. The van der Waals surface area contributed by atoms with Crippen LogP contribution in [-0.2, 0) is 5.41 Å². The van der Waals surface area contributed by atoms with Crippen molar-refractivity contribution >= 4 is 5.57 Å². The number of hydrogen-bond acceptors (Lipinski definition) is 0. The predicted octanol–water partition coefficient (Wildman–Crippen LogP) is 5.19. The second-order valence-corrected chi connectivity index (χ2v) is 6.44. The van der Waals surface area contributed by atoms with E-state index in [1.54, 1.807) is 5.57 Å². The van der Waals surface area contributed by atoms with Gasteiger partial charge in [-0.15, -0.1) is 0 Å². The molecule has 1 aromatic rings. The first-order chi connectivity index (χ1) is 7.97. The topological polar surface area (TPSA) is 0 Å². The lowest BCUT2D eigenvalue weighted by Crippen LogP contribution is -2.10. The van der Waals surface area contributed by atoms with E-state index in [0.29, 0.717) is 0 Å². The molecule has 1 unspecified atom stereocenters. The Bertz CT molecular complexity index is 401. The normalized spacial score (nSPS) is 21.2. The molecule has 0 aromatic heterocycles. The summed E-state index contributed by atoms with van der Waals surface area (Å²) in [5, 5.41) is 0. The maximum atomic E-state index is 2.43. The molecule has 0 radical (unpaired) electrons. The first-order valence-corrected chi connectivity index (χ1v) is 6.77. The van der Waals surface area contributed by atoms with E-state index >= 15 is 0 Å². The fraction of sp³-hybridized carbons (Fsp3) is 0.529. The molecule has 0 heterocycles. The molecule has 92 valence electrons. The van der Waals surface area contributed by atoms with Crippen LogP contribution in [0.1, 0.15) is 58.1 Å². The summed E-state index contributed by atoms with van der Waals surface area (Å²) < 4.78 is 0. The van der Waals surface area contributed by atoms with E-state index in [1.807, 2.05) is 0 Å². The molecule has 1 aromatic carbocycles. The molecule has 0 fully saturated rings. The summed E-state index contributed by atoms with van der Waals surface area (Å²) in [6.07, 6.45) is 6.26. The first-order valence-electron chi connectivity index (χ1n) is 6.77. The Labute approximate surface area is 106 Å². The van der Waals surface area contributed by atoms with Gasteiger partial charge >= 0.3 is 0 Å². The van der Waals surface area contributed by atoms with Gasteiger partial charge in [-0.05, 0) is 47.3 Å². The fourth-order valence-corrected chi connectivity index (χ4v) is 2.41. The van der Waals surface area contributed by atoms with E-state index in [0.717, 1.165) is 5.92 Å². The van der Waals surface area contributed by atoms with Gasteiger partial charge in [0.15, 0.2) is 0 Å². The highest BCUT2D eigenvalue weighted by molar-refractivity contribution is 5.66. The van der Waals surface area contributed by atoms with Crippen molar-refractivity contribution in [2.75, 3.05) is 0 Å². The smallest absolute Gasteiger partial charge is 0.0132 e. The Balaban J connectivity index is 2.19. The van der Waals surface area contributed by atoms with E-state index < -0.39 is 0 Å². The van der Waals surface area contributed by atoms with Crippen LogP contribution < -0.4 is 0 Å². The lowest BCUT2D eigenvalue weighted by Gasteiger charge is -2.21. The van der Waals surface area contributed by atoms with Crippen LogP contribution in [0.15, 0.2) is 30.3 Å². The van der Waals surface area contributed by atoms with E-state index in [2.05, 4.69) is 58.0 Å². The minimum absolute atomic E-state index is 0.258. The minimum Gasteiger partial charge on any atom is -0.0805 e. The number of benzene rings is 1. The highest BCUT2D eigenvalue weighted by Crippen LogP contribution is 2.31. The third-order valence-corrected chi connectivity index (χ3v) is 3.79. The minimum atomic E-state index is 0.258. The van der Waals surface area contributed by atoms with Crippen LogP contribution in [0.5, 0.6) is 0 Å². The highest BCUT2D eigenvalue weighted by Gasteiger charge is 2.15. The van der Waals surface area contributed by atoms with Crippen molar-refractivity contribution in [3.63, 3.8) is 0 Å². The Hall–Kier alpha value is -1.04. The molecule has 1 aliphatic carbocycles. The molecule has 0 saturated carbocycles.